The van der Waals surface area contributed by atoms with E-state index in [4.69, 9.17) is 4.74 Å². The normalized spacial score (nSPS) is 20.5. The molecule has 130 valence electrons. The molecule has 1 aromatic carbocycles. The molecule has 1 saturated heterocycles. The summed E-state index contributed by atoms with van der Waals surface area (Å²) in [5, 5.41) is 2.78. The van der Waals surface area contributed by atoms with E-state index in [2.05, 4.69) is 9.50 Å². The van der Waals surface area contributed by atoms with E-state index in [1.165, 1.54) is 16.7 Å². The third kappa shape index (κ3) is 4.00. The van der Waals surface area contributed by atoms with Gasteiger partial charge in [-0.05, 0) is 18.2 Å². The van der Waals surface area contributed by atoms with Gasteiger partial charge in [-0.15, -0.1) is 11.8 Å². The molecule has 3 rings (SSSR count). The van der Waals surface area contributed by atoms with Crippen LogP contribution in [0.1, 0.15) is 6.42 Å². The number of thioether (sulfide) groups is 1. The predicted octanol–water partition coefficient (Wildman–Crippen LogP) is 1.42. The summed E-state index contributed by atoms with van der Waals surface area (Å²) in [6.07, 6.45) is 0.306. The number of benzene rings is 1. The van der Waals surface area contributed by atoms with Crippen molar-refractivity contribution in [2.45, 2.75) is 17.4 Å². The van der Waals surface area contributed by atoms with Gasteiger partial charge in [-0.3, -0.25) is 13.9 Å². The SMILES string of the molecule is CS(=O)(=O)OCC[C@H]1CN(c2ccc3c(c2)NC(=O)CS3)C(=O)O1. The van der Waals surface area contributed by atoms with E-state index in [-0.39, 0.29) is 18.9 Å². The van der Waals surface area contributed by atoms with Gasteiger partial charge in [0.05, 0.1) is 30.8 Å². The number of nitrogens with one attached hydrogen (secondary N) is 1. The van der Waals surface area contributed by atoms with Crippen LogP contribution in [0.2, 0.25) is 0 Å². The van der Waals surface area contributed by atoms with Gasteiger partial charge in [0.15, 0.2) is 0 Å². The lowest BCUT2D eigenvalue weighted by atomic mass is 10.2. The van der Waals surface area contributed by atoms with Crippen LogP contribution in [0, 0.1) is 0 Å². The van der Waals surface area contributed by atoms with Crippen LogP contribution in [-0.2, 0) is 23.8 Å². The van der Waals surface area contributed by atoms with Crippen molar-refractivity contribution in [3.05, 3.63) is 18.2 Å². The first-order valence-electron chi connectivity index (χ1n) is 7.21. The molecule has 2 amide bonds. The van der Waals surface area contributed by atoms with Gasteiger partial charge in [0.1, 0.15) is 6.10 Å². The molecule has 0 saturated carbocycles. The average Bonchev–Trinajstić information content (AvgIpc) is 2.86. The van der Waals surface area contributed by atoms with Crippen LogP contribution in [-0.4, -0.2) is 51.7 Å². The Hall–Kier alpha value is -1.78. The molecule has 1 fully saturated rings. The van der Waals surface area contributed by atoms with Crippen molar-refractivity contribution in [1.82, 2.24) is 0 Å². The maximum Gasteiger partial charge on any atom is 0.414 e. The van der Waals surface area contributed by atoms with Crippen LogP contribution < -0.4 is 10.2 Å². The molecule has 1 aromatic rings. The van der Waals surface area contributed by atoms with Gasteiger partial charge >= 0.3 is 6.09 Å². The molecule has 1 atom stereocenters. The first-order valence-corrected chi connectivity index (χ1v) is 10.0. The summed E-state index contributed by atoms with van der Waals surface area (Å²) >= 11 is 1.44. The van der Waals surface area contributed by atoms with Crippen molar-refractivity contribution < 1.29 is 26.9 Å². The Morgan fingerprint density at radius 2 is 2.21 bits per heavy atom. The fraction of sp³-hybridized carbons (Fsp3) is 0.429. The van der Waals surface area contributed by atoms with E-state index >= 15 is 0 Å². The molecule has 0 spiro atoms. The molecule has 0 bridgehead atoms. The summed E-state index contributed by atoms with van der Waals surface area (Å²) in [6, 6.07) is 5.37. The number of amides is 2. The smallest absolute Gasteiger partial charge is 0.414 e. The number of nitrogens with zero attached hydrogens (tertiary/aromatic N) is 1. The van der Waals surface area contributed by atoms with Gasteiger partial charge in [-0.2, -0.15) is 8.42 Å². The Balaban J connectivity index is 1.66. The molecule has 2 aliphatic heterocycles. The number of anilines is 2. The van der Waals surface area contributed by atoms with Crippen molar-refractivity contribution in [2.75, 3.05) is 35.4 Å². The molecule has 1 N–H and O–H groups in total. The summed E-state index contributed by atoms with van der Waals surface area (Å²) in [4.78, 5) is 25.9. The second kappa shape index (κ2) is 6.61. The van der Waals surface area contributed by atoms with E-state index < -0.39 is 22.3 Å². The Labute approximate surface area is 143 Å². The highest BCUT2D eigenvalue weighted by molar-refractivity contribution is 8.00. The summed E-state index contributed by atoms with van der Waals surface area (Å²) in [6.45, 7) is 0.257. The van der Waals surface area contributed by atoms with Crippen LogP contribution in [0.5, 0.6) is 0 Å². The number of rotatable bonds is 5. The molecular formula is C14H16N2O6S2. The van der Waals surface area contributed by atoms with Crippen molar-refractivity contribution in [2.24, 2.45) is 0 Å². The highest BCUT2D eigenvalue weighted by Gasteiger charge is 2.33. The van der Waals surface area contributed by atoms with Gasteiger partial charge in [0.25, 0.3) is 10.1 Å². The third-order valence-electron chi connectivity index (χ3n) is 3.52. The monoisotopic (exact) mass is 372 g/mol. The zero-order valence-corrected chi connectivity index (χ0v) is 14.5. The highest BCUT2D eigenvalue weighted by Crippen LogP contribution is 2.35. The molecule has 0 radical (unpaired) electrons. The summed E-state index contributed by atoms with van der Waals surface area (Å²) in [7, 11) is -3.51. The first kappa shape index (κ1) is 17.1. The van der Waals surface area contributed by atoms with Gasteiger partial charge < -0.3 is 10.1 Å². The van der Waals surface area contributed by atoms with Crippen LogP contribution in [0.4, 0.5) is 16.2 Å². The first-order chi connectivity index (χ1) is 11.3. The van der Waals surface area contributed by atoms with Gasteiger partial charge in [0.2, 0.25) is 5.91 Å². The molecule has 24 heavy (non-hydrogen) atoms. The minimum atomic E-state index is -3.51. The Morgan fingerprint density at radius 3 is 2.96 bits per heavy atom. The lowest BCUT2D eigenvalue weighted by molar-refractivity contribution is -0.113. The van der Waals surface area contributed by atoms with Gasteiger partial charge in [-0.1, -0.05) is 0 Å². The number of carbonyl (C=O) groups excluding carboxylic acids is 2. The number of hydrogen-bond donors (Lipinski definition) is 1. The fourth-order valence-electron chi connectivity index (χ4n) is 2.45. The van der Waals surface area contributed by atoms with E-state index in [0.29, 0.717) is 23.7 Å². The number of cyclic esters (lactones) is 1. The maximum absolute atomic E-state index is 12.0. The zero-order chi connectivity index (χ0) is 17.3. The molecule has 0 aliphatic carbocycles. The number of hydrogen-bond acceptors (Lipinski definition) is 7. The second-order valence-electron chi connectivity index (χ2n) is 5.45. The molecule has 2 heterocycles. The van der Waals surface area contributed by atoms with E-state index in [1.807, 2.05) is 6.07 Å². The second-order valence-corrected chi connectivity index (χ2v) is 8.11. The molecule has 10 heteroatoms. The Kier molecular flexibility index (Phi) is 4.70. The minimum absolute atomic E-state index is 0.0402. The molecule has 0 unspecified atom stereocenters. The van der Waals surface area contributed by atoms with Crippen molar-refractivity contribution in [3.63, 3.8) is 0 Å². The minimum Gasteiger partial charge on any atom is -0.444 e. The number of fused-ring (bicyclic) bond motifs is 1. The quantitative estimate of drug-likeness (QED) is 0.780. The molecular weight excluding hydrogens is 356 g/mol. The van der Waals surface area contributed by atoms with Crippen molar-refractivity contribution >= 4 is 45.3 Å². The predicted molar refractivity (Wildman–Crippen MR) is 88.8 cm³/mol. The molecule has 0 aromatic heterocycles. The summed E-state index contributed by atoms with van der Waals surface area (Å²) < 4.78 is 31.8. The third-order valence-corrected chi connectivity index (χ3v) is 5.19. The van der Waals surface area contributed by atoms with Gasteiger partial charge in [0, 0.05) is 17.0 Å². The van der Waals surface area contributed by atoms with Crippen LogP contribution >= 0.6 is 11.8 Å². The number of ether oxygens (including phenoxy) is 1. The summed E-state index contributed by atoms with van der Waals surface area (Å²) in [5.74, 6) is 0.296. The molecule has 2 aliphatic rings. The topological polar surface area (TPSA) is 102 Å². The van der Waals surface area contributed by atoms with Crippen LogP contribution in [0.15, 0.2) is 23.1 Å². The lowest BCUT2D eigenvalue weighted by Crippen LogP contribution is -2.25. The van der Waals surface area contributed by atoms with E-state index in [9.17, 15) is 18.0 Å². The lowest BCUT2D eigenvalue weighted by Gasteiger charge is -2.19. The van der Waals surface area contributed by atoms with Crippen LogP contribution in [0.3, 0.4) is 0 Å². The van der Waals surface area contributed by atoms with Crippen molar-refractivity contribution in [1.29, 1.82) is 0 Å². The Morgan fingerprint density at radius 1 is 1.42 bits per heavy atom. The largest absolute Gasteiger partial charge is 0.444 e. The summed E-state index contributed by atoms with van der Waals surface area (Å²) in [5.41, 5.74) is 1.29. The average molecular weight is 372 g/mol. The molecule has 8 nitrogen and oxygen atoms in total. The Bertz CT molecular complexity index is 779. The maximum atomic E-state index is 12.0. The van der Waals surface area contributed by atoms with E-state index in [0.717, 1.165) is 11.2 Å². The standard InChI is InChI=1S/C14H16N2O6S2/c1-24(19,20)21-5-4-10-7-16(14(18)22-10)9-2-3-12-11(6-9)15-13(17)8-23-12/h2-3,6,10H,4-5,7-8H2,1H3,(H,15,17)/t10-/m0/s1. The van der Waals surface area contributed by atoms with E-state index in [1.54, 1.807) is 12.1 Å². The van der Waals surface area contributed by atoms with Crippen LogP contribution in [0.25, 0.3) is 0 Å². The van der Waals surface area contributed by atoms with Crippen molar-refractivity contribution in [3.8, 4) is 0 Å². The zero-order valence-electron chi connectivity index (χ0n) is 12.9. The van der Waals surface area contributed by atoms with Gasteiger partial charge in [-0.25, -0.2) is 4.79 Å². The fourth-order valence-corrected chi connectivity index (χ4v) is 3.64. The number of carbonyl (C=O) groups is 2. The highest BCUT2D eigenvalue weighted by atomic mass is 32.2.